The van der Waals surface area contributed by atoms with Crippen molar-refractivity contribution in [2.24, 2.45) is 0 Å². The molecule has 0 fully saturated rings. The van der Waals surface area contributed by atoms with E-state index in [9.17, 15) is 0 Å². The van der Waals surface area contributed by atoms with Gasteiger partial charge in [0.2, 0.25) is 0 Å². The van der Waals surface area contributed by atoms with Crippen LogP contribution in [0.5, 0.6) is 0 Å². The highest BCUT2D eigenvalue weighted by molar-refractivity contribution is 6.29. The van der Waals surface area contributed by atoms with Crippen molar-refractivity contribution in [1.82, 2.24) is 0 Å². The molecule has 0 radical (unpaired) electrons. The molecule has 2 heterocycles. The van der Waals surface area contributed by atoms with Gasteiger partial charge >= 0.3 is 0 Å². The van der Waals surface area contributed by atoms with Crippen LogP contribution >= 0.6 is 0 Å². The van der Waals surface area contributed by atoms with Gasteiger partial charge in [0.1, 0.15) is 22.3 Å². The van der Waals surface area contributed by atoms with Gasteiger partial charge in [0.25, 0.3) is 0 Å². The average molecular weight is 1010 g/mol. The molecule has 0 saturated heterocycles. The molecule has 0 bridgehead atoms. The van der Waals surface area contributed by atoms with Crippen LogP contribution in [-0.4, -0.2) is 0 Å². The molecular formula is C74H60N2O2. The monoisotopic (exact) mass is 1010 g/mol. The summed E-state index contributed by atoms with van der Waals surface area (Å²) in [7, 11) is 0. The van der Waals surface area contributed by atoms with E-state index >= 15 is 0 Å². The van der Waals surface area contributed by atoms with Gasteiger partial charge < -0.3 is 18.6 Å². The smallest absolute Gasteiger partial charge is 0.143 e. The van der Waals surface area contributed by atoms with Gasteiger partial charge in [-0.3, -0.25) is 0 Å². The van der Waals surface area contributed by atoms with E-state index in [1.807, 2.05) is 12.1 Å². The number of fused-ring (bicyclic) bond motifs is 6. The molecule has 4 nitrogen and oxygen atoms in total. The third kappa shape index (κ3) is 7.49. The number of hydrogen-bond donors (Lipinski definition) is 0. The van der Waals surface area contributed by atoms with Crippen molar-refractivity contribution >= 4 is 110 Å². The maximum absolute atomic E-state index is 6.61. The van der Waals surface area contributed by atoms with E-state index < -0.39 is 0 Å². The van der Waals surface area contributed by atoms with Crippen LogP contribution < -0.4 is 9.80 Å². The lowest BCUT2D eigenvalue weighted by atomic mass is 9.86. The van der Waals surface area contributed by atoms with Crippen molar-refractivity contribution in [3.05, 3.63) is 240 Å². The van der Waals surface area contributed by atoms with E-state index in [1.54, 1.807) is 0 Å². The zero-order valence-electron chi connectivity index (χ0n) is 45.2. The van der Waals surface area contributed by atoms with Crippen molar-refractivity contribution < 1.29 is 8.83 Å². The number of benzene rings is 12. The Hall–Kier alpha value is -9.12. The normalized spacial score (nSPS) is 11.9. The summed E-state index contributed by atoms with van der Waals surface area (Å²) in [6, 6.07) is 76.0. The second-order valence-corrected chi connectivity index (χ2v) is 21.5. The number of anilines is 6. The van der Waals surface area contributed by atoms with Crippen LogP contribution in [0, 0.1) is 27.7 Å². The van der Waals surface area contributed by atoms with E-state index in [-0.39, 0.29) is 0 Å². The van der Waals surface area contributed by atoms with Gasteiger partial charge in [-0.15, -0.1) is 0 Å². The van der Waals surface area contributed by atoms with Crippen LogP contribution in [-0.2, 0) is 12.8 Å². The molecule has 0 atom stereocenters. The fraction of sp³-hybridized carbons (Fsp3) is 0.135. The number of nitrogens with zero attached hydrogens (tertiary/aromatic N) is 2. The molecule has 0 amide bonds. The Kier molecular flexibility index (Phi) is 11.4. The third-order valence-electron chi connectivity index (χ3n) is 16.4. The fourth-order valence-corrected chi connectivity index (χ4v) is 13.2. The van der Waals surface area contributed by atoms with Crippen LogP contribution in [0.1, 0.15) is 60.1 Å². The average Bonchev–Trinajstić information content (AvgIpc) is 4.13. The van der Waals surface area contributed by atoms with E-state index in [0.29, 0.717) is 0 Å². The zero-order valence-corrected chi connectivity index (χ0v) is 45.2. The summed E-state index contributed by atoms with van der Waals surface area (Å²) in [4.78, 5) is 5.09. The molecule has 0 spiro atoms. The van der Waals surface area contributed by atoms with E-state index in [0.717, 1.165) is 103 Å². The summed E-state index contributed by atoms with van der Waals surface area (Å²) < 4.78 is 13.2. The summed E-state index contributed by atoms with van der Waals surface area (Å²) in [6.07, 6.45) is 3.98. The highest BCUT2D eigenvalue weighted by Crippen LogP contribution is 2.52. The van der Waals surface area contributed by atoms with Gasteiger partial charge in [0.15, 0.2) is 0 Å². The summed E-state index contributed by atoms with van der Waals surface area (Å²) >= 11 is 0. The van der Waals surface area contributed by atoms with Crippen molar-refractivity contribution in [3.8, 4) is 22.3 Å². The van der Waals surface area contributed by atoms with Gasteiger partial charge in [-0.05, 0) is 179 Å². The Morgan fingerprint density at radius 1 is 0.333 bits per heavy atom. The predicted molar refractivity (Wildman–Crippen MR) is 332 cm³/mol. The molecule has 0 N–H and O–H groups in total. The van der Waals surface area contributed by atoms with Crippen molar-refractivity contribution in [1.29, 1.82) is 0 Å². The summed E-state index contributed by atoms with van der Waals surface area (Å²) in [5, 5.41) is 12.3. The number of hydrogen-bond acceptors (Lipinski definition) is 4. The van der Waals surface area contributed by atoms with Crippen LogP contribution in [0.2, 0.25) is 0 Å². The molecule has 12 aromatic carbocycles. The predicted octanol–water partition coefficient (Wildman–Crippen LogP) is 21.8. The molecule has 2 aromatic heterocycles. The molecule has 0 aliphatic carbocycles. The van der Waals surface area contributed by atoms with Crippen LogP contribution in [0.15, 0.2) is 215 Å². The second-order valence-electron chi connectivity index (χ2n) is 21.5. The molecule has 14 aromatic rings. The highest BCUT2D eigenvalue weighted by atomic mass is 16.3. The Bertz CT molecular complexity index is 4300. The lowest BCUT2D eigenvalue weighted by Gasteiger charge is -2.33. The summed E-state index contributed by atoms with van der Waals surface area (Å²) in [6.45, 7) is 13.7. The van der Waals surface area contributed by atoms with E-state index in [1.165, 1.54) is 88.4 Å². The molecular weight excluding hydrogens is 949 g/mol. The van der Waals surface area contributed by atoms with Gasteiger partial charge in [0, 0.05) is 54.8 Å². The Labute approximate surface area is 455 Å². The molecule has 0 aliphatic heterocycles. The lowest BCUT2D eigenvalue weighted by Crippen LogP contribution is -2.15. The first-order chi connectivity index (χ1) is 38.3. The van der Waals surface area contributed by atoms with Crippen molar-refractivity contribution in [3.63, 3.8) is 0 Å². The summed E-state index contributed by atoms with van der Waals surface area (Å²) in [5.74, 6) is 0. The Balaban J connectivity index is 0.996. The maximum Gasteiger partial charge on any atom is 0.143 e. The molecule has 78 heavy (non-hydrogen) atoms. The molecule has 4 heteroatoms. The van der Waals surface area contributed by atoms with Gasteiger partial charge in [-0.1, -0.05) is 160 Å². The molecule has 0 aliphatic rings. The van der Waals surface area contributed by atoms with E-state index in [2.05, 4.69) is 245 Å². The number of aryl methyl sites for hydroxylation is 6. The van der Waals surface area contributed by atoms with Crippen LogP contribution in [0.3, 0.4) is 0 Å². The zero-order chi connectivity index (χ0) is 52.8. The molecule has 0 saturated carbocycles. The first-order valence-electron chi connectivity index (χ1n) is 27.8. The first kappa shape index (κ1) is 47.3. The van der Waals surface area contributed by atoms with E-state index in [4.69, 9.17) is 8.83 Å². The van der Waals surface area contributed by atoms with Crippen LogP contribution in [0.25, 0.3) is 98.4 Å². The first-order valence-corrected chi connectivity index (χ1v) is 27.8. The van der Waals surface area contributed by atoms with Gasteiger partial charge in [0.05, 0.1) is 22.7 Å². The number of para-hydroxylation sites is 6. The fourth-order valence-electron chi connectivity index (χ4n) is 13.2. The second kappa shape index (κ2) is 18.9. The van der Waals surface area contributed by atoms with Gasteiger partial charge in [-0.25, -0.2) is 0 Å². The minimum absolute atomic E-state index is 0.909. The minimum atomic E-state index is 0.909. The van der Waals surface area contributed by atoms with Crippen molar-refractivity contribution in [2.75, 3.05) is 9.80 Å². The quantitative estimate of drug-likeness (QED) is 0.114. The number of furan rings is 2. The van der Waals surface area contributed by atoms with Crippen LogP contribution in [0.4, 0.5) is 34.1 Å². The maximum atomic E-state index is 6.61. The third-order valence-corrected chi connectivity index (χ3v) is 16.4. The molecule has 14 rings (SSSR count). The lowest BCUT2D eigenvalue weighted by molar-refractivity contribution is 0.669. The number of rotatable bonds is 12. The largest absolute Gasteiger partial charge is 0.455 e. The Morgan fingerprint density at radius 2 is 0.692 bits per heavy atom. The highest BCUT2D eigenvalue weighted by Gasteiger charge is 2.28. The topological polar surface area (TPSA) is 32.8 Å². The standard InChI is InChI=1S/C74H60N2O2/c1-7-21-49-43-65(75(53-23-11-9-12-24-53)71-45(3)39-51(40-46(71)4)57-29-19-31-61-59-27-15-17-33-67(59)77-73(57)61)63-38-36-56-50(22-8-2)44-66(64-37-35-55(49)69(63)70(56)64)76(54-25-13-10-14-26-54)72-47(5)41-52(42-48(72)6)58-30-20-32-62-60-28-16-18-34-68(60)78-74(58)62/h9-20,23-44H,7-8,21-22H2,1-6H3. The molecule has 0 unspecified atom stereocenters. The summed E-state index contributed by atoms with van der Waals surface area (Å²) in [5.41, 5.74) is 22.7. The Morgan fingerprint density at radius 3 is 1.09 bits per heavy atom. The molecule has 378 valence electrons. The minimum Gasteiger partial charge on any atom is -0.455 e. The van der Waals surface area contributed by atoms with Gasteiger partial charge in [-0.2, -0.15) is 0 Å². The van der Waals surface area contributed by atoms with Crippen molar-refractivity contribution in [2.45, 2.75) is 67.2 Å². The SMILES string of the molecule is CCCc1cc(N(c2ccccc2)c2c(C)cc(-c3cccc4c3oc3ccccc34)cc2C)c2ccc3c(CCC)cc(N(c4ccccc4)c4c(C)cc(-c5cccc6c5oc5ccccc56)cc4C)c4ccc1c2c34.